The van der Waals surface area contributed by atoms with Gasteiger partial charge in [-0.3, -0.25) is 14.9 Å². The zero-order chi connectivity index (χ0) is 23.6. The number of rotatable bonds is 8. The summed E-state index contributed by atoms with van der Waals surface area (Å²) >= 11 is 0. The molecule has 2 amide bonds. The Morgan fingerprint density at radius 1 is 1.06 bits per heavy atom. The smallest absolute Gasteiger partial charge is 0.416 e. The molecule has 7 heteroatoms. The fourth-order valence-electron chi connectivity index (χ4n) is 4.26. The molecule has 0 radical (unpaired) electrons. The first kappa shape index (κ1) is 24.5. The third-order valence-corrected chi connectivity index (χ3v) is 5.91. The number of benzene rings is 2. The Hall–Kier alpha value is -3.19. The molecule has 1 N–H and O–H groups in total. The van der Waals surface area contributed by atoms with Crippen LogP contribution in [0.1, 0.15) is 49.8 Å². The van der Waals surface area contributed by atoms with Crippen LogP contribution in [0.3, 0.4) is 0 Å². The van der Waals surface area contributed by atoms with Crippen LogP contribution in [0, 0.1) is 0 Å². The Morgan fingerprint density at radius 2 is 1.73 bits per heavy atom. The summed E-state index contributed by atoms with van der Waals surface area (Å²) < 4.78 is 10.2. The summed E-state index contributed by atoms with van der Waals surface area (Å²) in [6, 6.07) is 17.6. The zero-order valence-electron chi connectivity index (χ0n) is 19.2. The molecule has 0 aromatic heterocycles. The highest BCUT2D eigenvalue weighted by atomic mass is 16.5. The fourth-order valence-corrected chi connectivity index (χ4v) is 4.26. The van der Waals surface area contributed by atoms with Gasteiger partial charge in [0.25, 0.3) is 0 Å². The molecule has 3 atom stereocenters. The SMILES string of the molecule is CCOC(=O)C(CCc1ccccc1)NC1CCCC(c2ccccc2)N(C(=O)OC)C1=O. The number of esters is 1. The average Bonchev–Trinajstić information content (AvgIpc) is 3.01. The molecule has 0 spiro atoms. The van der Waals surface area contributed by atoms with Crippen LogP contribution in [-0.4, -0.2) is 48.7 Å². The number of aryl methyl sites for hydroxylation is 1. The van der Waals surface area contributed by atoms with Crippen molar-refractivity contribution in [3.8, 4) is 0 Å². The van der Waals surface area contributed by atoms with E-state index >= 15 is 0 Å². The van der Waals surface area contributed by atoms with Crippen molar-refractivity contribution in [3.05, 3.63) is 71.8 Å². The van der Waals surface area contributed by atoms with Crippen LogP contribution in [0.5, 0.6) is 0 Å². The number of hydrogen-bond acceptors (Lipinski definition) is 6. The second-order valence-corrected chi connectivity index (χ2v) is 8.08. The van der Waals surface area contributed by atoms with Crippen molar-refractivity contribution < 1.29 is 23.9 Å². The quantitative estimate of drug-likeness (QED) is 0.609. The number of carbonyl (C=O) groups is 3. The van der Waals surface area contributed by atoms with Gasteiger partial charge in [-0.05, 0) is 50.2 Å². The topological polar surface area (TPSA) is 84.9 Å². The van der Waals surface area contributed by atoms with Crippen LogP contribution in [0.2, 0.25) is 0 Å². The van der Waals surface area contributed by atoms with E-state index in [1.165, 1.54) is 12.0 Å². The first-order chi connectivity index (χ1) is 16.0. The van der Waals surface area contributed by atoms with Crippen LogP contribution < -0.4 is 5.32 Å². The van der Waals surface area contributed by atoms with E-state index in [1.54, 1.807) is 6.92 Å². The van der Waals surface area contributed by atoms with Gasteiger partial charge in [0.05, 0.1) is 25.8 Å². The Labute approximate surface area is 195 Å². The number of nitrogens with zero attached hydrogens (tertiary/aromatic N) is 1. The Kier molecular flexibility index (Phi) is 9.01. The van der Waals surface area contributed by atoms with Crippen LogP contribution in [-0.2, 0) is 25.5 Å². The second kappa shape index (κ2) is 12.2. The first-order valence-corrected chi connectivity index (χ1v) is 11.5. The summed E-state index contributed by atoms with van der Waals surface area (Å²) in [4.78, 5) is 40.1. The molecule has 1 fully saturated rings. The van der Waals surface area contributed by atoms with E-state index in [4.69, 9.17) is 9.47 Å². The van der Waals surface area contributed by atoms with Crippen molar-refractivity contribution in [2.24, 2.45) is 0 Å². The maximum absolute atomic E-state index is 13.5. The summed E-state index contributed by atoms with van der Waals surface area (Å²) in [5.74, 6) is -0.781. The molecule has 1 aliphatic heterocycles. The third-order valence-electron chi connectivity index (χ3n) is 5.91. The minimum atomic E-state index is -0.695. The van der Waals surface area contributed by atoms with Gasteiger partial charge in [-0.15, -0.1) is 0 Å². The standard InChI is InChI=1S/C26H32N2O5/c1-3-33-25(30)22(18-17-19-11-6-4-7-12-19)27-21-15-10-16-23(20-13-8-5-9-14-20)28(24(21)29)26(31)32-2/h4-9,11-14,21-23,27H,3,10,15-18H2,1-2H3. The lowest BCUT2D eigenvalue weighted by molar-refractivity contribution is -0.146. The van der Waals surface area contributed by atoms with Crippen molar-refractivity contribution >= 4 is 18.0 Å². The molecule has 2 aromatic carbocycles. The molecule has 3 rings (SSSR count). The molecular formula is C26H32N2O5. The largest absolute Gasteiger partial charge is 0.465 e. The van der Waals surface area contributed by atoms with Crippen LogP contribution in [0.15, 0.2) is 60.7 Å². The van der Waals surface area contributed by atoms with Crippen molar-refractivity contribution in [3.63, 3.8) is 0 Å². The molecule has 2 aromatic rings. The van der Waals surface area contributed by atoms with Crippen molar-refractivity contribution in [2.45, 2.75) is 57.2 Å². The lowest BCUT2D eigenvalue weighted by Crippen LogP contribution is -2.53. The molecular weight excluding hydrogens is 420 g/mol. The second-order valence-electron chi connectivity index (χ2n) is 8.08. The highest BCUT2D eigenvalue weighted by molar-refractivity contribution is 5.96. The molecule has 33 heavy (non-hydrogen) atoms. The number of methoxy groups -OCH3 is 1. The predicted octanol–water partition coefficient (Wildman–Crippen LogP) is 4.03. The summed E-state index contributed by atoms with van der Waals surface area (Å²) in [6.45, 7) is 2.01. The van der Waals surface area contributed by atoms with Crippen molar-refractivity contribution in [1.82, 2.24) is 10.2 Å². The Bertz CT molecular complexity index is 919. The number of hydrogen-bond donors (Lipinski definition) is 1. The summed E-state index contributed by atoms with van der Waals surface area (Å²) in [5.41, 5.74) is 1.98. The molecule has 1 heterocycles. The highest BCUT2D eigenvalue weighted by Crippen LogP contribution is 2.31. The van der Waals surface area contributed by atoms with Crippen molar-refractivity contribution in [2.75, 3.05) is 13.7 Å². The van der Waals surface area contributed by atoms with Gasteiger partial charge in [0.1, 0.15) is 6.04 Å². The van der Waals surface area contributed by atoms with Crippen LogP contribution >= 0.6 is 0 Å². The summed E-state index contributed by atoms with van der Waals surface area (Å²) in [5, 5.41) is 3.21. The lowest BCUT2D eigenvalue weighted by atomic mass is 10.0. The van der Waals surface area contributed by atoms with Gasteiger partial charge in [0.2, 0.25) is 5.91 Å². The normalized spacial score (nSPS) is 19.5. The van der Waals surface area contributed by atoms with Crippen LogP contribution in [0.4, 0.5) is 4.79 Å². The molecule has 3 unspecified atom stereocenters. The van der Waals surface area contributed by atoms with Gasteiger partial charge in [-0.2, -0.15) is 0 Å². The zero-order valence-corrected chi connectivity index (χ0v) is 19.2. The van der Waals surface area contributed by atoms with E-state index in [2.05, 4.69) is 5.32 Å². The predicted molar refractivity (Wildman–Crippen MR) is 124 cm³/mol. The maximum atomic E-state index is 13.5. The summed E-state index contributed by atoms with van der Waals surface area (Å²) in [7, 11) is 1.27. The van der Waals surface area contributed by atoms with Gasteiger partial charge in [-0.1, -0.05) is 60.7 Å². The number of ether oxygens (including phenoxy) is 2. The number of nitrogens with one attached hydrogen (secondary N) is 1. The minimum absolute atomic E-state index is 0.255. The molecule has 7 nitrogen and oxygen atoms in total. The molecule has 1 saturated heterocycles. The lowest BCUT2D eigenvalue weighted by Gasteiger charge is -2.30. The molecule has 1 aliphatic rings. The number of amides is 2. The van der Waals surface area contributed by atoms with Gasteiger partial charge < -0.3 is 9.47 Å². The third kappa shape index (κ3) is 6.42. The highest BCUT2D eigenvalue weighted by Gasteiger charge is 2.39. The van der Waals surface area contributed by atoms with E-state index in [-0.39, 0.29) is 12.5 Å². The first-order valence-electron chi connectivity index (χ1n) is 11.5. The monoisotopic (exact) mass is 452 g/mol. The van der Waals surface area contributed by atoms with Gasteiger partial charge in [0, 0.05) is 0 Å². The van der Waals surface area contributed by atoms with Crippen LogP contribution in [0.25, 0.3) is 0 Å². The van der Waals surface area contributed by atoms with E-state index in [9.17, 15) is 14.4 Å². The number of likely N-dealkylation sites (tertiary alicyclic amines) is 1. The van der Waals surface area contributed by atoms with E-state index in [0.717, 1.165) is 11.1 Å². The Morgan fingerprint density at radius 3 is 2.36 bits per heavy atom. The number of carbonyl (C=O) groups excluding carboxylic acids is 3. The van der Waals surface area contributed by atoms with E-state index in [1.807, 2.05) is 60.7 Å². The van der Waals surface area contributed by atoms with E-state index < -0.39 is 30.2 Å². The number of imide groups is 1. The van der Waals surface area contributed by atoms with Gasteiger partial charge >= 0.3 is 12.1 Å². The molecule has 0 saturated carbocycles. The molecule has 0 bridgehead atoms. The minimum Gasteiger partial charge on any atom is -0.465 e. The van der Waals surface area contributed by atoms with Gasteiger partial charge in [-0.25, -0.2) is 9.69 Å². The summed E-state index contributed by atoms with van der Waals surface area (Å²) in [6.07, 6.45) is 2.29. The maximum Gasteiger partial charge on any atom is 0.416 e. The molecule has 176 valence electrons. The average molecular weight is 453 g/mol. The fraction of sp³-hybridized carbons (Fsp3) is 0.423. The van der Waals surface area contributed by atoms with Gasteiger partial charge in [0.15, 0.2) is 0 Å². The van der Waals surface area contributed by atoms with Crippen molar-refractivity contribution in [1.29, 1.82) is 0 Å². The molecule has 0 aliphatic carbocycles. The van der Waals surface area contributed by atoms with E-state index in [0.29, 0.717) is 32.1 Å². The Balaban J connectivity index is 1.80.